The van der Waals surface area contributed by atoms with E-state index in [1.807, 2.05) is 60.7 Å². The van der Waals surface area contributed by atoms with Crippen LogP contribution in [-0.4, -0.2) is 11.7 Å². The average Bonchev–Trinajstić information content (AvgIpc) is 3.65. The number of ether oxygens (including phenoxy) is 1. The number of amidine groups is 2. The average molecular weight is 724 g/mol. The van der Waals surface area contributed by atoms with Crippen molar-refractivity contribution in [3.05, 3.63) is 222 Å². The molecule has 0 bridgehead atoms. The van der Waals surface area contributed by atoms with E-state index in [4.69, 9.17) is 14.7 Å². The molecule has 2 atom stereocenters. The number of para-hydroxylation sites is 2. The summed E-state index contributed by atoms with van der Waals surface area (Å²) in [6.07, 6.45) is 2.18. The molecule has 0 fully saturated rings. The van der Waals surface area contributed by atoms with Gasteiger partial charge in [-0.25, -0.2) is 9.98 Å². The second-order valence-electron chi connectivity index (χ2n) is 14.0. The molecule has 0 aromatic heterocycles. The Morgan fingerprint density at radius 1 is 0.500 bits per heavy atom. The summed E-state index contributed by atoms with van der Waals surface area (Å²) in [5, 5.41) is 11.1. The summed E-state index contributed by atoms with van der Waals surface area (Å²) in [6, 6.07) is 64.6. The third kappa shape index (κ3) is 6.43. The summed E-state index contributed by atoms with van der Waals surface area (Å²) in [7, 11) is 0. The monoisotopic (exact) mass is 723 g/mol. The zero-order valence-corrected chi connectivity index (χ0v) is 30.4. The van der Waals surface area contributed by atoms with Crippen molar-refractivity contribution >= 4 is 34.4 Å². The van der Waals surface area contributed by atoms with Crippen LogP contribution in [0.2, 0.25) is 0 Å². The molecule has 0 radical (unpaired) electrons. The highest BCUT2D eigenvalue weighted by atomic mass is 16.5. The standard InChI is InChI=1S/C50H37N5O/c1-5-16-33(17-6-1)43-32-44(34-18-7-2-8-19-34)53-49(52-43)50-54-46(35-20-9-3-10-21-35)48-47(55-50)41-31-37(28-29-45(41)56-48)36-22-15-23-38(30-36)40-26-13-14-27-42(40)51-39-24-11-4-12-25-39/h1-32,43,47,51H,(H,52,53)(H,54,55). The van der Waals surface area contributed by atoms with Crippen molar-refractivity contribution in [1.29, 1.82) is 0 Å². The number of nitrogens with zero attached hydrogens (tertiary/aromatic N) is 2. The van der Waals surface area contributed by atoms with Crippen molar-refractivity contribution in [3.63, 3.8) is 0 Å². The maximum Gasteiger partial charge on any atom is 0.170 e. The van der Waals surface area contributed by atoms with Crippen molar-refractivity contribution in [1.82, 2.24) is 10.6 Å². The zero-order valence-electron chi connectivity index (χ0n) is 30.4. The van der Waals surface area contributed by atoms with Gasteiger partial charge in [-0.2, -0.15) is 0 Å². The fourth-order valence-electron chi connectivity index (χ4n) is 7.61. The molecule has 3 aliphatic heterocycles. The van der Waals surface area contributed by atoms with Gasteiger partial charge in [0.1, 0.15) is 17.5 Å². The van der Waals surface area contributed by atoms with Gasteiger partial charge in [0.15, 0.2) is 17.4 Å². The molecule has 3 heterocycles. The Morgan fingerprint density at radius 3 is 1.91 bits per heavy atom. The summed E-state index contributed by atoms with van der Waals surface area (Å²) in [5.41, 5.74) is 12.5. The fraction of sp³-hybridized carbons (Fsp3) is 0.0400. The lowest BCUT2D eigenvalue weighted by Crippen LogP contribution is -2.45. The second kappa shape index (κ2) is 14.4. The first-order chi connectivity index (χ1) is 27.7. The summed E-state index contributed by atoms with van der Waals surface area (Å²) < 4.78 is 6.68. The smallest absolute Gasteiger partial charge is 0.170 e. The van der Waals surface area contributed by atoms with Gasteiger partial charge in [0.2, 0.25) is 0 Å². The van der Waals surface area contributed by atoms with Crippen LogP contribution >= 0.6 is 0 Å². The Kier molecular flexibility index (Phi) is 8.54. The van der Waals surface area contributed by atoms with Crippen molar-refractivity contribution in [2.24, 2.45) is 9.98 Å². The number of aliphatic imine (C=N–C) groups is 2. The highest BCUT2D eigenvalue weighted by molar-refractivity contribution is 6.42. The van der Waals surface area contributed by atoms with Crippen molar-refractivity contribution < 1.29 is 4.74 Å². The number of rotatable bonds is 8. The normalized spacial score (nSPS) is 16.9. The molecule has 3 N–H and O–H groups in total. The van der Waals surface area contributed by atoms with Gasteiger partial charge < -0.3 is 20.7 Å². The van der Waals surface area contributed by atoms with E-state index in [1.165, 1.54) is 0 Å². The van der Waals surface area contributed by atoms with Crippen LogP contribution in [-0.2, 0) is 0 Å². The van der Waals surface area contributed by atoms with Gasteiger partial charge in [-0.05, 0) is 70.3 Å². The van der Waals surface area contributed by atoms with Gasteiger partial charge in [0, 0.05) is 28.1 Å². The van der Waals surface area contributed by atoms with Crippen LogP contribution in [0.3, 0.4) is 0 Å². The first-order valence-electron chi connectivity index (χ1n) is 18.9. The maximum absolute atomic E-state index is 6.68. The molecule has 0 aliphatic carbocycles. The number of benzene rings is 7. The first-order valence-corrected chi connectivity index (χ1v) is 18.9. The van der Waals surface area contributed by atoms with E-state index in [2.05, 4.69) is 149 Å². The Labute approximate surface area is 326 Å². The third-order valence-corrected chi connectivity index (χ3v) is 10.4. The predicted octanol–water partition coefficient (Wildman–Crippen LogP) is 11.4. The number of hydrogen-bond acceptors (Lipinski definition) is 6. The molecule has 7 aromatic carbocycles. The first kappa shape index (κ1) is 33.2. The molecule has 2 unspecified atom stereocenters. The molecular weight excluding hydrogens is 687 g/mol. The number of anilines is 2. The minimum atomic E-state index is -0.280. The van der Waals surface area contributed by atoms with Crippen molar-refractivity contribution in [2.45, 2.75) is 12.1 Å². The van der Waals surface area contributed by atoms with Gasteiger partial charge in [-0.1, -0.05) is 152 Å². The lowest BCUT2D eigenvalue weighted by Gasteiger charge is -2.29. The van der Waals surface area contributed by atoms with Crippen LogP contribution in [0.4, 0.5) is 11.4 Å². The highest BCUT2D eigenvalue weighted by Gasteiger charge is 2.38. The molecule has 0 amide bonds. The molecule has 0 spiro atoms. The van der Waals surface area contributed by atoms with Crippen LogP contribution in [0, 0.1) is 0 Å². The molecular formula is C50H37N5O. The van der Waals surface area contributed by atoms with E-state index < -0.39 is 0 Å². The quantitative estimate of drug-likeness (QED) is 0.146. The Hall–Kier alpha value is -7.44. The van der Waals surface area contributed by atoms with Gasteiger partial charge in [0.05, 0.1) is 11.7 Å². The molecule has 0 saturated heterocycles. The second-order valence-corrected chi connectivity index (χ2v) is 14.0. The molecule has 6 heteroatoms. The van der Waals surface area contributed by atoms with Crippen LogP contribution < -0.4 is 20.7 Å². The number of nitrogens with one attached hydrogen (secondary N) is 3. The summed E-state index contributed by atoms with van der Waals surface area (Å²) in [5.74, 6) is 2.92. The zero-order chi connectivity index (χ0) is 37.3. The Bertz CT molecular complexity index is 2690. The van der Waals surface area contributed by atoms with Crippen LogP contribution in [0.5, 0.6) is 5.75 Å². The van der Waals surface area contributed by atoms with Gasteiger partial charge in [0.25, 0.3) is 0 Å². The predicted molar refractivity (Wildman–Crippen MR) is 229 cm³/mol. The fourth-order valence-corrected chi connectivity index (χ4v) is 7.61. The molecule has 0 saturated carbocycles. The van der Waals surface area contributed by atoms with Crippen LogP contribution in [0.1, 0.15) is 34.3 Å². The molecule has 10 rings (SSSR count). The van der Waals surface area contributed by atoms with E-state index in [1.54, 1.807) is 0 Å². The molecule has 56 heavy (non-hydrogen) atoms. The van der Waals surface area contributed by atoms with Gasteiger partial charge in [-0.15, -0.1) is 0 Å². The third-order valence-electron chi connectivity index (χ3n) is 10.4. The van der Waals surface area contributed by atoms with E-state index >= 15 is 0 Å². The van der Waals surface area contributed by atoms with E-state index in [0.717, 1.165) is 78.8 Å². The number of hydrogen-bond donors (Lipinski definition) is 3. The maximum atomic E-state index is 6.68. The minimum absolute atomic E-state index is 0.104. The van der Waals surface area contributed by atoms with E-state index in [0.29, 0.717) is 11.7 Å². The highest BCUT2D eigenvalue weighted by Crippen LogP contribution is 2.46. The molecule has 6 nitrogen and oxygen atoms in total. The summed E-state index contributed by atoms with van der Waals surface area (Å²) in [4.78, 5) is 10.4. The lowest BCUT2D eigenvalue weighted by atomic mass is 9.94. The van der Waals surface area contributed by atoms with Crippen LogP contribution in [0.15, 0.2) is 210 Å². The Morgan fingerprint density at radius 2 is 1.12 bits per heavy atom. The van der Waals surface area contributed by atoms with E-state index in [9.17, 15) is 0 Å². The Balaban J connectivity index is 1.03. The SMILES string of the molecule is C1=C(c2ccccc2)N=C(C2=NC(c3ccccc3)=C3Oc4ccc(-c5cccc(-c6ccccc6Nc6ccccc6)c5)cc4C3N2)NC1c1ccccc1. The topological polar surface area (TPSA) is 70.0 Å². The van der Waals surface area contributed by atoms with Gasteiger partial charge in [-0.3, -0.25) is 0 Å². The molecule has 3 aliphatic rings. The molecule has 268 valence electrons. The summed E-state index contributed by atoms with van der Waals surface area (Å²) in [6.45, 7) is 0. The number of fused-ring (bicyclic) bond motifs is 3. The largest absolute Gasteiger partial charge is 0.456 e. The minimum Gasteiger partial charge on any atom is -0.456 e. The van der Waals surface area contributed by atoms with Crippen molar-refractivity contribution in [3.8, 4) is 28.0 Å². The van der Waals surface area contributed by atoms with Crippen LogP contribution in [0.25, 0.3) is 33.6 Å². The van der Waals surface area contributed by atoms with E-state index in [-0.39, 0.29) is 12.1 Å². The van der Waals surface area contributed by atoms with Gasteiger partial charge >= 0.3 is 0 Å². The summed E-state index contributed by atoms with van der Waals surface area (Å²) >= 11 is 0. The lowest BCUT2D eigenvalue weighted by molar-refractivity contribution is 0.421. The van der Waals surface area contributed by atoms with Crippen molar-refractivity contribution in [2.75, 3.05) is 5.32 Å². The molecule has 7 aromatic rings.